The number of halogens is 3. The predicted molar refractivity (Wildman–Crippen MR) is 118 cm³/mol. The van der Waals surface area contributed by atoms with Crippen LogP contribution in [0, 0.1) is 5.92 Å². The molecule has 1 saturated carbocycles. The van der Waals surface area contributed by atoms with Crippen LogP contribution in [0.15, 0.2) is 53.3 Å². The number of carbonyl (C=O) groups is 1. The van der Waals surface area contributed by atoms with Gasteiger partial charge in [-0.2, -0.15) is 18.2 Å². The minimum absolute atomic E-state index is 0.0145. The normalized spacial score (nSPS) is 21.7. The highest BCUT2D eigenvalue weighted by Gasteiger charge is 2.38. The van der Waals surface area contributed by atoms with E-state index in [-0.39, 0.29) is 23.7 Å². The second-order valence-electron chi connectivity index (χ2n) is 9.17. The standard InChI is InChI=1S/C25H25F3N4O2/c26-25(27,28)21-9-7-16(8-10-21)19-12-20(15-32(14-19)24(33)17-4-1-2-5-17)23-30-22(31-34-23)18-6-3-11-29-13-18/h3,6-11,13,17,19-20H,1-2,4-5,12,14-15H2. The van der Waals surface area contributed by atoms with Crippen LogP contribution in [0.25, 0.3) is 11.4 Å². The highest BCUT2D eigenvalue weighted by molar-refractivity contribution is 5.79. The van der Waals surface area contributed by atoms with E-state index in [1.807, 2.05) is 11.0 Å². The van der Waals surface area contributed by atoms with Gasteiger partial charge in [-0.15, -0.1) is 0 Å². The maximum absolute atomic E-state index is 13.3. The second kappa shape index (κ2) is 9.19. The molecule has 3 heterocycles. The van der Waals surface area contributed by atoms with E-state index in [1.54, 1.807) is 18.5 Å². The molecule has 0 spiro atoms. The van der Waals surface area contributed by atoms with Gasteiger partial charge in [-0.05, 0) is 49.1 Å². The first-order valence-corrected chi connectivity index (χ1v) is 11.6. The van der Waals surface area contributed by atoms with Crippen LogP contribution in [0.2, 0.25) is 0 Å². The lowest BCUT2D eigenvalue weighted by Gasteiger charge is -2.38. The summed E-state index contributed by atoms with van der Waals surface area (Å²) < 4.78 is 44.7. The quantitative estimate of drug-likeness (QED) is 0.508. The topological polar surface area (TPSA) is 72.1 Å². The Balaban J connectivity index is 1.42. The molecule has 2 aromatic heterocycles. The van der Waals surface area contributed by atoms with Crippen molar-refractivity contribution in [3.8, 4) is 11.4 Å². The molecule has 34 heavy (non-hydrogen) atoms. The van der Waals surface area contributed by atoms with E-state index in [4.69, 9.17) is 4.52 Å². The Morgan fingerprint density at radius 1 is 1.03 bits per heavy atom. The Morgan fingerprint density at radius 3 is 2.44 bits per heavy atom. The SMILES string of the molecule is O=C(C1CCCC1)N1CC(c2ccc(C(F)(F)F)cc2)CC(c2nc(-c3cccnc3)no2)C1. The van der Waals surface area contributed by atoms with Gasteiger partial charge in [-0.1, -0.05) is 30.1 Å². The van der Waals surface area contributed by atoms with E-state index in [0.29, 0.717) is 31.2 Å². The van der Waals surface area contributed by atoms with E-state index < -0.39 is 11.7 Å². The smallest absolute Gasteiger partial charge is 0.341 e. The first kappa shape index (κ1) is 22.6. The molecule has 1 aromatic carbocycles. The Bertz CT molecular complexity index is 1130. The molecule has 2 fully saturated rings. The van der Waals surface area contributed by atoms with Gasteiger partial charge in [-0.25, -0.2) is 0 Å². The number of hydrogen-bond donors (Lipinski definition) is 0. The number of likely N-dealkylation sites (tertiary alicyclic amines) is 1. The van der Waals surface area contributed by atoms with E-state index in [2.05, 4.69) is 15.1 Å². The summed E-state index contributed by atoms with van der Waals surface area (Å²) in [5.41, 5.74) is 0.820. The van der Waals surface area contributed by atoms with Crippen molar-refractivity contribution in [2.45, 2.75) is 50.1 Å². The van der Waals surface area contributed by atoms with Crippen molar-refractivity contribution in [2.24, 2.45) is 5.92 Å². The third kappa shape index (κ3) is 4.69. The average Bonchev–Trinajstić information content (AvgIpc) is 3.56. The monoisotopic (exact) mass is 470 g/mol. The molecule has 2 aliphatic rings. The van der Waals surface area contributed by atoms with Crippen LogP contribution in [0.5, 0.6) is 0 Å². The molecular formula is C25H25F3N4O2. The predicted octanol–water partition coefficient (Wildman–Crippen LogP) is 5.44. The van der Waals surface area contributed by atoms with Crippen LogP contribution >= 0.6 is 0 Å². The lowest BCUT2D eigenvalue weighted by Crippen LogP contribution is -2.44. The molecule has 0 bridgehead atoms. The van der Waals surface area contributed by atoms with Gasteiger partial charge >= 0.3 is 6.18 Å². The zero-order valence-electron chi connectivity index (χ0n) is 18.5. The van der Waals surface area contributed by atoms with Gasteiger partial charge in [0.05, 0.1) is 11.5 Å². The lowest BCUT2D eigenvalue weighted by molar-refractivity contribution is -0.138. The molecule has 1 amide bonds. The maximum atomic E-state index is 13.3. The molecule has 1 aliphatic heterocycles. The maximum Gasteiger partial charge on any atom is 0.416 e. The molecule has 0 N–H and O–H groups in total. The molecular weight excluding hydrogens is 445 g/mol. The van der Waals surface area contributed by atoms with Gasteiger partial charge in [0.2, 0.25) is 17.6 Å². The lowest BCUT2D eigenvalue weighted by atomic mass is 9.83. The van der Waals surface area contributed by atoms with E-state index in [9.17, 15) is 18.0 Å². The van der Waals surface area contributed by atoms with Crippen LogP contribution in [0.4, 0.5) is 13.2 Å². The van der Waals surface area contributed by atoms with Crippen molar-refractivity contribution >= 4 is 5.91 Å². The van der Waals surface area contributed by atoms with Gasteiger partial charge in [0, 0.05) is 42.9 Å². The highest BCUT2D eigenvalue weighted by atomic mass is 19.4. The summed E-state index contributed by atoms with van der Waals surface area (Å²) in [6.45, 7) is 0.932. The van der Waals surface area contributed by atoms with Crippen LogP contribution in [-0.2, 0) is 11.0 Å². The fourth-order valence-corrected chi connectivity index (χ4v) is 5.09. The molecule has 1 saturated heterocycles. The number of benzene rings is 1. The number of hydrogen-bond acceptors (Lipinski definition) is 5. The Hall–Kier alpha value is -3.23. The van der Waals surface area contributed by atoms with Crippen molar-refractivity contribution in [1.82, 2.24) is 20.0 Å². The molecule has 5 rings (SSSR count). The Morgan fingerprint density at radius 2 is 1.76 bits per heavy atom. The summed E-state index contributed by atoms with van der Waals surface area (Å²) in [5.74, 6) is 0.657. The summed E-state index contributed by atoms with van der Waals surface area (Å²) in [5, 5.41) is 4.09. The molecule has 3 aromatic rings. The van der Waals surface area contributed by atoms with Crippen molar-refractivity contribution in [2.75, 3.05) is 13.1 Å². The summed E-state index contributed by atoms with van der Waals surface area (Å²) in [6.07, 6.45) is 3.40. The first-order chi connectivity index (χ1) is 16.4. The number of nitrogens with zero attached hydrogens (tertiary/aromatic N) is 4. The van der Waals surface area contributed by atoms with Crippen LogP contribution in [-0.4, -0.2) is 39.0 Å². The number of pyridine rings is 1. The van der Waals surface area contributed by atoms with Crippen molar-refractivity contribution in [1.29, 1.82) is 0 Å². The number of aromatic nitrogens is 3. The summed E-state index contributed by atoms with van der Waals surface area (Å²) >= 11 is 0. The van der Waals surface area contributed by atoms with Gasteiger partial charge in [0.1, 0.15) is 0 Å². The van der Waals surface area contributed by atoms with Gasteiger partial charge in [0.15, 0.2) is 0 Å². The summed E-state index contributed by atoms with van der Waals surface area (Å²) in [7, 11) is 0. The van der Waals surface area contributed by atoms with E-state index in [1.165, 1.54) is 12.1 Å². The van der Waals surface area contributed by atoms with E-state index in [0.717, 1.165) is 48.9 Å². The molecule has 6 nitrogen and oxygen atoms in total. The van der Waals surface area contributed by atoms with Crippen molar-refractivity contribution in [3.63, 3.8) is 0 Å². The third-order valence-corrected chi connectivity index (χ3v) is 6.89. The number of rotatable bonds is 4. The number of carbonyl (C=O) groups excluding carboxylic acids is 1. The van der Waals surface area contributed by atoms with Crippen molar-refractivity contribution < 1.29 is 22.5 Å². The Labute approximate surface area is 195 Å². The fraction of sp³-hybridized carbons (Fsp3) is 0.440. The molecule has 1 aliphatic carbocycles. The van der Waals surface area contributed by atoms with Crippen LogP contribution in [0.1, 0.15) is 61.0 Å². The fourth-order valence-electron chi connectivity index (χ4n) is 5.09. The van der Waals surface area contributed by atoms with Crippen molar-refractivity contribution in [3.05, 3.63) is 65.8 Å². The second-order valence-corrected chi connectivity index (χ2v) is 9.17. The molecule has 0 radical (unpaired) electrons. The molecule has 2 atom stereocenters. The van der Waals surface area contributed by atoms with Gasteiger partial charge in [0.25, 0.3) is 0 Å². The minimum atomic E-state index is -4.38. The molecule has 9 heteroatoms. The largest absolute Gasteiger partial charge is 0.416 e. The van der Waals surface area contributed by atoms with E-state index >= 15 is 0 Å². The number of amides is 1. The zero-order valence-corrected chi connectivity index (χ0v) is 18.5. The minimum Gasteiger partial charge on any atom is -0.341 e. The number of alkyl halides is 3. The molecule has 2 unspecified atom stereocenters. The van der Waals surface area contributed by atoms with Gasteiger partial charge in [-0.3, -0.25) is 9.78 Å². The zero-order chi connectivity index (χ0) is 23.7. The van der Waals surface area contributed by atoms with Crippen LogP contribution < -0.4 is 0 Å². The van der Waals surface area contributed by atoms with Gasteiger partial charge < -0.3 is 9.42 Å². The first-order valence-electron chi connectivity index (χ1n) is 11.6. The highest BCUT2D eigenvalue weighted by Crippen LogP contribution is 2.39. The molecule has 178 valence electrons. The summed E-state index contributed by atoms with van der Waals surface area (Å²) in [4.78, 5) is 23.8. The average molecular weight is 470 g/mol. The Kier molecular flexibility index (Phi) is 6.10. The number of piperidine rings is 1. The third-order valence-electron chi connectivity index (χ3n) is 6.89. The van der Waals surface area contributed by atoms with Crippen LogP contribution in [0.3, 0.4) is 0 Å². The summed E-state index contributed by atoms with van der Waals surface area (Å²) in [6, 6.07) is 8.87.